The molecule has 17 heavy (non-hydrogen) atoms. The van der Waals surface area contributed by atoms with Gasteiger partial charge in [0.2, 0.25) is 0 Å². The predicted octanol–water partition coefficient (Wildman–Crippen LogP) is 4.06. The van der Waals surface area contributed by atoms with Gasteiger partial charge in [0, 0.05) is 6.04 Å². The predicted molar refractivity (Wildman–Crippen MR) is 79.7 cm³/mol. The maximum atomic E-state index is 6.04. The maximum absolute atomic E-state index is 6.04. The van der Waals surface area contributed by atoms with E-state index in [2.05, 4.69) is 38.3 Å². The van der Waals surface area contributed by atoms with Gasteiger partial charge in [-0.15, -0.1) is 0 Å². The topological polar surface area (TPSA) is 24.1 Å². The zero-order valence-corrected chi connectivity index (χ0v) is 12.2. The molecule has 0 heterocycles. The van der Waals surface area contributed by atoms with Crippen LogP contribution in [-0.4, -0.2) is 11.2 Å². The summed E-state index contributed by atoms with van der Waals surface area (Å²) in [4.78, 5) is 0. The first-order chi connectivity index (χ1) is 7.80. The summed E-state index contributed by atoms with van der Waals surface area (Å²) in [5.41, 5.74) is 0.986. The number of rotatable bonds is 2. The molecule has 0 aliphatic carbocycles. The molecule has 1 aromatic rings. The van der Waals surface area contributed by atoms with E-state index in [1.54, 1.807) is 0 Å². The summed E-state index contributed by atoms with van der Waals surface area (Å²) in [6, 6.07) is 7.83. The van der Waals surface area contributed by atoms with Crippen molar-refractivity contribution in [1.29, 1.82) is 0 Å². The van der Waals surface area contributed by atoms with Crippen LogP contribution in [0, 0.1) is 5.41 Å². The highest BCUT2D eigenvalue weighted by molar-refractivity contribution is 7.80. The first kappa shape index (κ1) is 14.3. The molecule has 1 aromatic carbocycles. The largest absolute Gasteiger partial charge is 0.359 e. The van der Waals surface area contributed by atoms with Gasteiger partial charge in [0.25, 0.3) is 0 Å². The Bertz CT molecular complexity index is 399. The Morgan fingerprint density at radius 2 is 1.88 bits per heavy atom. The second-order valence-electron chi connectivity index (χ2n) is 5.17. The number of anilines is 1. The van der Waals surface area contributed by atoms with Gasteiger partial charge in [-0.2, -0.15) is 0 Å². The molecule has 0 spiro atoms. The average Bonchev–Trinajstić information content (AvgIpc) is 2.20. The van der Waals surface area contributed by atoms with E-state index in [1.165, 1.54) is 0 Å². The van der Waals surface area contributed by atoms with Gasteiger partial charge in [0.15, 0.2) is 5.11 Å². The summed E-state index contributed by atoms with van der Waals surface area (Å²) < 4.78 is 0. The molecular formula is C13H19ClN2S. The SMILES string of the molecule is CC(NC(=S)Nc1ccccc1Cl)C(C)(C)C. The summed E-state index contributed by atoms with van der Waals surface area (Å²) in [6.07, 6.45) is 0. The van der Waals surface area contributed by atoms with E-state index in [0.717, 1.165) is 5.69 Å². The van der Waals surface area contributed by atoms with E-state index in [-0.39, 0.29) is 11.5 Å². The van der Waals surface area contributed by atoms with Gasteiger partial charge in [0.1, 0.15) is 0 Å². The lowest BCUT2D eigenvalue weighted by molar-refractivity contribution is 0.317. The van der Waals surface area contributed by atoms with Crippen molar-refractivity contribution in [2.75, 3.05) is 5.32 Å². The molecule has 94 valence electrons. The number of hydrogen-bond acceptors (Lipinski definition) is 1. The van der Waals surface area contributed by atoms with Crippen molar-refractivity contribution in [3.8, 4) is 0 Å². The minimum Gasteiger partial charge on any atom is -0.359 e. The van der Waals surface area contributed by atoms with Crippen molar-refractivity contribution < 1.29 is 0 Å². The van der Waals surface area contributed by atoms with E-state index in [9.17, 15) is 0 Å². The van der Waals surface area contributed by atoms with Gasteiger partial charge in [-0.3, -0.25) is 0 Å². The zero-order valence-electron chi connectivity index (χ0n) is 10.7. The molecule has 0 aromatic heterocycles. The Morgan fingerprint density at radius 3 is 2.41 bits per heavy atom. The van der Waals surface area contributed by atoms with E-state index < -0.39 is 0 Å². The summed E-state index contributed by atoms with van der Waals surface area (Å²) in [5, 5.41) is 7.62. The number of para-hydroxylation sites is 1. The fraction of sp³-hybridized carbons (Fsp3) is 0.462. The van der Waals surface area contributed by atoms with Crippen molar-refractivity contribution in [3.05, 3.63) is 29.3 Å². The molecule has 4 heteroatoms. The molecule has 0 saturated carbocycles. The number of thiocarbonyl (C=S) groups is 1. The molecule has 0 radical (unpaired) electrons. The zero-order chi connectivity index (χ0) is 13.1. The smallest absolute Gasteiger partial charge is 0.171 e. The van der Waals surface area contributed by atoms with Gasteiger partial charge in [-0.05, 0) is 36.7 Å². The van der Waals surface area contributed by atoms with E-state index in [4.69, 9.17) is 23.8 Å². The molecule has 0 aliphatic rings. The van der Waals surface area contributed by atoms with Crippen LogP contribution >= 0.6 is 23.8 Å². The van der Waals surface area contributed by atoms with Crippen molar-refractivity contribution in [2.24, 2.45) is 5.41 Å². The third kappa shape index (κ3) is 4.52. The molecule has 0 bridgehead atoms. The first-order valence-corrected chi connectivity index (χ1v) is 6.41. The summed E-state index contributed by atoms with van der Waals surface area (Å²) in [6.45, 7) is 8.62. The Kier molecular flexibility index (Phi) is 4.78. The molecule has 0 saturated heterocycles. The molecule has 2 N–H and O–H groups in total. The highest BCUT2D eigenvalue weighted by Crippen LogP contribution is 2.21. The van der Waals surface area contributed by atoms with Crippen LogP contribution in [0.4, 0.5) is 5.69 Å². The van der Waals surface area contributed by atoms with Gasteiger partial charge < -0.3 is 10.6 Å². The Hall–Kier alpha value is -0.800. The summed E-state index contributed by atoms with van der Waals surface area (Å²) in [5.74, 6) is 0. The van der Waals surface area contributed by atoms with Crippen molar-refractivity contribution in [3.63, 3.8) is 0 Å². The van der Waals surface area contributed by atoms with Crippen molar-refractivity contribution >= 4 is 34.6 Å². The van der Waals surface area contributed by atoms with E-state index >= 15 is 0 Å². The van der Waals surface area contributed by atoms with Crippen LogP contribution in [0.1, 0.15) is 27.7 Å². The minimum atomic E-state index is 0.159. The molecule has 1 unspecified atom stereocenters. The van der Waals surface area contributed by atoms with E-state index in [0.29, 0.717) is 10.1 Å². The maximum Gasteiger partial charge on any atom is 0.171 e. The van der Waals surface area contributed by atoms with Crippen LogP contribution in [0.15, 0.2) is 24.3 Å². The lowest BCUT2D eigenvalue weighted by Crippen LogP contribution is -2.43. The molecule has 0 aliphatic heterocycles. The number of benzene rings is 1. The number of hydrogen-bond donors (Lipinski definition) is 2. The van der Waals surface area contributed by atoms with Crippen LogP contribution in [0.25, 0.3) is 0 Å². The van der Waals surface area contributed by atoms with Crippen molar-refractivity contribution in [2.45, 2.75) is 33.7 Å². The molecule has 1 rings (SSSR count). The summed E-state index contributed by atoms with van der Waals surface area (Å²) >= 11 is 11.3. The summed E-state index contributed by atoms with van der Waals surface area (Å²) in [7, 11) is 0. The average molecular weight is 271 g/mol. The van der Waals surface area contributed by atoms with Crippen LogP contribution in [-0.2, 0) is 0 Å². The molecule has 0 fully saturated rings. The fourth-order valence-corrected chi connectivity index (χ4v) is 1.60. The third-order valence-corrected chi connectivity index (χ3v) is 3.32. The quantitative estimate of drug-likeness (QED) is 0.793. The lowest BCUT2D eigenvalue weighted by atomic mass is 9.88. The van der Waals surface area contributed by atoms with Gasteiger partial charge in [0.05, 0.1) is 10.7 Å². The molecular weight excluding hydrogens is 252 g/mol. The van der Waals surface area contributed by atoms with Crippen LogP contribution < -0.4 is 10.6 Å². The Balaban J connectivity index is 2.60. The first-order valence-electron chi connectivity index (χ1n) is 5.63. The third-order valence-electron chi connectivity index (χ3n) is 2.77. The standard InChI is InChI=1S/C13H19ClN2S/c1-9(13(2,3)4)15-12(17)16-11-8-6-5-7-10(11)14/h5-9H,1-4H3,(H2,15,16,17). The normalized spacial score (nSPS) is 13.0. The molecule has 0 amide bonds. The van der Waals surface area contributed by atoms with E-state index in [1.807, 2.05) is 24.3 Å². The lowest BCUT2D eigenvalue weighted by Gasteiger charge is -2.29. The monoisotopic (exact) mass is 270 g/mol. The Morgan fingerprint density at radius 1 is 1.29 bits per heavy atom. The number of halogens is 1. The van der Waals surface area contributed by atoms with Crippen LogP contribution in [0.5, 0.6) is 0 Å². The highest BCUT2D eigenvalue weighted by Gasteiger charge is 2.20. The fourth-order valence-electron chi connectivity index (χ4n) is 1.13. The second-order valence-corrected chi connectivity index (χ2v) is 5.98. The molecule has 1 atom stereocenters. The van der Waals surface area contributed by atoms with Crippen molar-refractivity contribution in [1.82, 2.24) is 5.32 Å². The van der Waals surface area contributed by atoms with Crippen LogP contribution in [0.2, 0.25) is 5.02 Å². The second kappa shape index (κ2) is 5.69. The van der Waals surface area contributed by atoms with Gasteiger partial charge in [-0.1, -0.05) is 44.5 Å². The Labute approximate surface area is 114 Å². The highest BCUT2D eigenvalue weighted by atomic mass is 35.5. The molecule has 2 nitrogen and oxygen atoms in total. The van der Waals surface area contributed by atoms with Gasteiger partial charge in [-0.25, -0.2) is 0 Å². The number of nitrogens with one attached hydrogen (secondary N) is 2. The van der Waals surface area contributed by atoms with Gasteiger partial charge >= 0.3 is 0 Å². The minimum absolute atomic E-state index is 0.159. The van der Waals surface area contributed by atoms with Crippen LogP contribution in [0.3, 0.4) is 0 Å².